The van der Waals surface area contributed by atoms with E-state index in [9.17, 15) is 0 Å². The van der Waals surface area contributed by atoms with E-state index >= 15 is 0 Å². The molecule has 0 radical (unpaired) electrons. The second-order valence-electron chi connectivity index (χ2n) is 6.42. The summed E-state index contributed by atoms with van der Waals surface area (Å²) >= 11 is 0. The van der Waals surface area contributed by atoms with Crippen molar-refractivity contribution in [2.75, 3.05) is 20.1 Å². The Morgan fingerprint density at radius 1 is 1.12 bits per heavy atom. The Balaban J connectivity index is 1.86. The molecule has 0 aliphatic rings. The van der Waals surface area contributed by atoms with Gasteiger partial charge in [-0.1, -0.05) is 37.3 Å². The van der Waals surface area contributed by atoms with Crippen molar-refractivity contribution in [2.24, 2.45) is 0 Å². The van der Waals surface area contributed by atoms with Gasteiger partial charge in [-0.2, -0.15) is 0 Å². The highest BCUT2D eigenvalue weighted by atomic mass is 16.5. The van der Waals surface area contributed by atoms with Gasteiger partial charge < -0.3 is 14.6 Å². The molecule has 3 nitrogen and oxygen atoms in total. The Hall–Kier alpha value is -2.26. The lowest BCUT2D eigenvalue weighted by atomic mass is 10.1. The van der Waals surface area contributed by atoms with Gasteiger partial charge in [0.15, 0.2) is 0 Å². The molecular formula is C21H26N2O. The van der Waals surface area contributed by atoms with Crippen molar-refractivity contribution in [2.45, 2.75) is 26.9 Å². The van der Waals surface area contributed by atoms with Gasteiger partial charge in [-0.25, -0.2) is 0 Å². The molecule has 24 heavy (non-hydrogen) atoms. The predicted molar refractivity (Wildman–Crippen MR) is 101 cm³/mol. The molecule has 0 amide bonds. The lowest BCUT2D eigenvalue weighted by molar-refractivity contribution is 0.309. The maximum Gasteiger partial charge on any atom is 0.129 e. The van der Waals surface area contributed by atoms with Crippen LogP contribution in [0.15, 0.2) is 48.7 Å². The van der Waals surface area contributed by atoms with Crippen LogP contribution in [-0.2, 0) is 13.0 Å². The highest BCUT2D eigenvalue weighted by Gasteiger charge is 2.12. The molecule has 1 heterocycles. The van der Waals surface area contributed by atoms with Crippen molar-refractivity contribution in [1.82, 2.24) is 9.88 Å². The summed E-state index contributed by atoms with van der Waals surface area (Å²) in [6.07, 6.45) is 3.15. The summed E-state index contributed by atoms with van der Waals surface area (Å²) in [5.74, 6) is 0.976. The van der Waals surface area contributed by atoms with Gasteiger partial charge >= 0.3 is 0 Å². The molecule has 0 atom stereocenters. The number of aryl methyl sites for hydroxylation is 1. The molecule has 0 aliphatic carbocycles. The van der Waals surface area contributed by atoms with E-state index in [-0.39, 0.29) is 0 Å². The van der Waals surface area contributed by atoms with Crippen LogP contribution in [0.1, 0.15) is 23.6 Å². The third-order valence-electron chi connectivity index (χ3n) is 4.51. The summed E-state index contributed by atoms with van der Waals surface area (Å²) in [6.45, 7) is 7.01. The second kappa shape index (κ2) is 7.54. The first-order valence-corrected chi connectivity index (χ1v) is 8.63. The minimum absolute atomic E-state index is 0.596. The van der Waals surface area contributed by atoms with Gasteiger partial charge in [0.2, 0.25) is 0 Å². The van der Waals surface area contributed by atoms with Crippen molar-refractivity contribution in [3.05, 3.63) is 65.4 Å². The van der Waals surface area contributed by atoms with E-state index in [1.165, 1.54) is 22.1 Å². The molecular weight excluding hydrogens is 296 g/mol. The summed E-state index contributed by atoms with van der Waals surface area (Å²) in [7, 11) is 2.16. The molecule has 126 valence electrons. The van der Waals surface area contributed by atoms with E-state index in [4.69, 9.17) is 4.74 Å². The first-order chi connectivity index (χ1) is 11.7. The van der Waals surface area contributed by atoms with E-state index in [2.05, 4.69) is 61.2 Å². The molecule has 1 N–H and O–H groups in total. The van der Waals surface area contributed by atoms with Crippen LogP contribution in [0.25, 0.3) is 10.9 Å². The summed E-state index contributed by atoms with van der Waals surface area (Å²) in [4.78, 5) is 5.74. The average molecular weight is 322 g/mol. The number of hydrogen-bond acceptors (Lipinski definition) is 2. The number of ether oxygens (including phenoxy) is 1. The van der Waals surface area contributed by atoms with E-state index < -0.39 is 0 Å². The first kappa shape index (κ1) is 16.6. The highest BCUT2D eigenvalue weighted by molar-refractivity contribution is 5.90. The van der Waals surface area contributed by atoms with E-state index in [0.29, 0.717) is 6.61 Å². The zero-order valence-electron chi connectivity index (χ0n) is 14.8. The lowest BCUT2D eigenvalue weighted by Crippen LogP contribution is -2.20. The molecule has 3 heteroatoms. The molecule has 0 spiro atoms. The normalized spacial score (nSPS) is 11.3. The maximum atomic E-state index is 6.18. The number of fused-ring (bicyclic) bond motifs is 1. The molecule has 2 aromatic carbocycles. The number of likely N-dealkylation sites (N-methyl/N-ethyl adjacent to an activating group) is 1. The minimum atomic E-state index is 0.596. The van der Waals surface area contributed by atoms with Gasteiger partial charge in [0, 0.05) is 23.6 Å². The monoisotopic (exact) mass is 322 g/mol. The van der Waals surface area contributed by atoms with Crippen LogP contribution >= 0.6 is 0 Å². The van der Waals surface area contributed by atoms with Crippen LogP contribution in [0.3, 0.4) is 0 Å². The summed E-state index contributed by atoms with van der Waals surface area (Å²) in [5, 5.41) is 1.22. The quantitative estimate of drug-likeness (QED) is 0.691. The molecule has 0 saturated heterocycles. The van der Waals surface area contributed by atoms with E-state index in [1.807, 2.05) is 18.2 Å². The first-order valence-electron chi connectivity index (χ1n) is 8.63. The molecule has 0 fully saturated rings. The van der Waals surface area contributed by atoms with Gasteiger partial charge in [0.05, 0.1) is 0 Å². The molecule has 0 bridgehead atoms. The van der Waals surface area contributed by atoms with Gasteiger partial charge in [0.25, 0.3) is 0 Å². The fourth-order valence-electron chi connectivity index (χ4n) is 2.95. The highest BCUT2D eigenvalue weighted by Crippen LogP contribution is 2.31. The molecule has 0 aliphatic heterocycles. The number of nitrogens with one attached hydrogen (secondary N) is 1. The van der Waals surface area contributed by atoms with Crippen molar-refractivity contribution in [1.29, 1.82) is 0 Å². The van der Waals surface area contributed by atoms with Gasteiger partial charge in [-0.3, -0.25) is 0 Å². The summed E-state index contributed by atoms with van der Waals surface area (Å²) in [5.41, 5.74) is 4.89. The molecule has 1 aromatic heterocycles. The number of H-pyrrole nitrogens is 1. The van der Waals surface area contributed by atoms with Crippen molar-refractivity contribution in [3.63, 3.8) is 0 Å². The number of benzene rings is 2. The number of rotatable bonds is 7. The number of aromatic amines is 1. The molecule has 3 aromatic rings. The van der Waals surface area contributed by atoms with Crippen molar-refractivity contribution in [3.8, 4) is 5.75 Å². The Morgan fingerprint density at radius 2 is 1.92 bits per heavy atom. The fraction of sp³-hybridized carbons (Fsp3) is 0.333. The SMILES string of the molecule is CCN(C)CCc1c[nH]c2cc(C)cc(OCc3ccccc3)c12. The maximum absolute atomic E-state index is 6.18. The van der Waals surface area contributed by atoms with Crippen LogP contribution in [0.4, 0.5) is 0 Å². The largest absolute Gasteiger partial charge is 0.488 e. The van der Waals surface area contributed by atoms with Crippen molar-refractivity contribution < 1.29 is 4.74 Å². The second-order valence-corrected chi connectivity index (χ2v) is 6.42. The summed E-state index contributed by atoms with van der Waals surface area (Å²) < 4.78 is 6.18. The van der Waals surface area contributed by atoms with E-state index in [0.717, 1.165) is 30.8 Å². The number of aromatic nitrogens is 1. The third kappa shape index (κ3) is 3.80. The molecule has 3 rings (SSSR count). The van der Waals surface area contributed by atoms with Crippen LogP contribution in [0.5, 0.6) is 5.75 Å². The van der Waals surface area contributed by atoms with Gasteiger partial charge in [-0.15, -0.1) is 0 Å². The topological polar surface area (TPSA) is 28.3 Å². The van der Waals surface area contributed by atoms with Crippen LogP contribution in [-0.4, -0.2) is 30.0 Å². The van der Waals surface area contributed by atoms with Gasteiger partial charge in [0.1, 0.15) is 12.4 Å². The fourth-order valence-corrected chi connectivity index (χ4v) is 2.95. The smallest absolute Gasteiger partial charge is 0.129 e. The molecule has 0 saturated carbocycles. The Morgan fingerprint density at radius 3 is 2.67 bits per heavy atom. The van der Waals surface area contributed by atoms with Crippen LogP contribution < -0.4 is 4.74 Å². The van der Waals surface area contributed by atoms with Crippen LogP contribution in [0.2, 0.25) is 0 Å². The Bertz CT molecular complexity index is 792. The lowest BCUT2D eigenvalue weighted by Gasteiger charge is -2.14. The third-order valence-corrected chi connectivity index (χ3v) is 4.51. The predicted octanol–water partition coefficient (Wildman–Crippen LogP) is 4.55. The van der Waals surface area contributed by atoms with Gasteiger partial charge in [-0.05, 0) is 55.8 Å². The Kier molecular flexibility index (Phi) is 5.21. The number of nitrogens with zero attached hydrogens (tertiary/aromatic N) is 1. The zero-order valence-corrected chi connectivity index (χ0v) is 14.8. The van der Waals surface area contributed by atoms with Crippen molar-refractivity contribution >= 4 is 10.9 Å². The number of hydrogen-bond donors (Lipinski definition) is 1. The minimum Gasteiger partial charge on any atom is -0.488 e. The summed E-state index contributed by atoms with van der Waals surface area (Å²) in [6, 6.07) is 14.7. The molecule has 0 unspecified atom stereocenters. The standard InChI is InChI=1S/C21H26N2O/c1-4-23(3)11-10-18-14-22-19-12-16(2)13-20(21(18)19)24-15-17-8-6-5-7-9-17/h5-9,12-14,22H,4,10-11,15H2,1-3H3. The van der Waals surface area contributed by atoms with E-state index in [1.54, 1.807) is 0 Å². The Labute approximate surface area is 144 Å². The zero-order chi connectivity index (χ0) is 16.9. The van der Waals surface area contributed by atoms with Crippen LogP contribution in [0, 0.1) is 6.92 Å². The average Bonchev–Trinajstić information content (AvgIpc) is 3.01.